The lowest BCUT2D eigenvalue weighted by molar-refractivity contribution is -0.120. The van der Waals surface area contributed by atoms with Crippen LogP contribution in [0.5, 0.6) is 0 Å². The molecule has 2 nitrogen and oxygen atoms in total. The number of nitrogens with zero attached hydrogens (tertiary/aromatic N) is 1. The summed E-state index contributed by atoms with van der Waals surface area (Å²) < 4.78 is 1.08. The van der Waals surface area contributed by atoms with Crippen molar-refractivity contribution in [2.45, 2.75) is 17.8 Å². The predicted molar refractivity (Wildman–Crippen MR) is 83.0 cm³/mol. The lowest BCUT2D eigenvalue weighted by Gasteiger charge is -2.11. The Labute approximate surface area is 126 Å². The van der Waals surface area contributed by atoms with Gasteiger partial charge in [-0.3, -0.25) is 4.79 Å². The van der Waals surface area contributed by atoms with Gasteiger partial charge >= 0.3 is 0 Å². The molecular formula is C17H14BrNO. The van der Waals surface area contributed by atoms with Gasteiger partial charge in [0.15, 0.2) is 0 Å². The molecule has 2 atom stereocenters. The molecule has 0 N–H and O–H groups in total. The average molecular weight is 328 g/mol. The molecule has 100 valence electrons. The summed E-state index contributed by atoms with van der Waals surface area (Å²) in [5.41, 5.74) is 3.21. The minimum atomic E-state index is -0.306. The Morgan fingerprint density at radius 1 is 1.15 bits per heavy atom. The van der Waals surface area contributed by atoms with E-state index < -0.39 is 0 Å². The van der Waals surface area contributed by atoms with E-state index in [9.17, 15) is 4.79 Å². The first-order chi connectivity index (χ1) is 9.64. The van der Waals surface area contributed by atoms with Crippen LogP contribution in [0.2, 0.25) is 0 Å². The molecule has 0 saturated heterocycles. The number of anilines is 1. The van der Waals surface area contributed by atoms with E-state index in [-0.39, 0.29) is 11.3 Å². The summed E-state index contributed by atoms with van der Waals surface area (Å²) in [5, 5.41) is 0. The molecule has 0 radical (unpaired) electrons. The SMILES string of the molecule is CN1C(=O)[C@]2(C[C@@H]2c2ccc(Br)cc2)c2ccccc21. The fourth-order valence-electron chi connectivity index (χ4n) is 3.56. The van der Waals surface area contributed by atoms with Gasteiger partial charge in [0.2, 0.25) is 5.91 Å². The molecule has 0 unspecified atom stereocenters. The van der Waals surface area contributed by atoms with Gasteiger partial charge in [-0.15, -0.1) is 0 Å². The van der Waals surface area contributed by atoms with Crippen LogP contribution in [0, 0.1) is 0 Å². The molecule has 2 aromatic rings. The molecule has 4 rings (SSSR count). The van der Waals surface area contributed by atoms with Gasteiger partial charge in [0.05, 0.1) is 5.41 Å². The summed E-state index contributed by atoms with van der Waals surface area (Å²) in [6.45, 7) is 0. The second-order valence-corrected chi connectivity index (χ2v) is 6.58. The molecule has 20 heavy (non-hydrogen) atoms. The van der Waals surface area contributed by atoms with Gasteiger partial charge in [0, 0.05) is 23.1 Å². The molecule has 0 aromatic heterocycles. The van der Waals surface area contributed by atoms with Crippen molar-refractivity contribution in [2.24, 2.45) is 0 Å². The van der Waals surface area contributed by atoms with Crippen molar-refractivity contribution in [3.63, 3.8) is 0 Å². The maximum atomic E-state index is 12.7. The highest BCUT2D eigenvalue weighted by molar-refractivity contribution is 9.10. The van der Waals surface area contributed by atoms with Crippen LogP contribution in [-0.4, -0.2) is 13.0 Å². The molecule has 1 aliphatic carbocycles. The molecule has 3 heteroatoms. The largest absolute Gasteiger partial charge is 0.314 e. The summed E-state index contributed by atoms with van der Waals surface area (Å²) in [5.74, 6) is 0.556. The number of carbonyl (C=O) groups excluding carboxylic acids is 1. The van der Waals surface area contributed by atoms with Crippen molar-refractivity contribution in [1.82, 2.24) is 0 Å². The summed E-state index contributed by atoms with van der Waals surface area (Å²) in [6.07, 6.45) is 0.925. The Morgan fingerprint density at radius 3 is 2.60 bits per heavy atom. The fourth-order valence-corrected chi connectivity index (χ4v) is 3.83. The molecular weight excluding hydrogens is 314 g/mol. The van der Waals surface area contributed by atoms with Gasteiger partial charge in [-0.2, -0.15) is 0 Å². The van der Waals surface area contributed by atoms with E-state index in [1.165, 1.54) is 11.1 Å². The number of rotatable bonds is 1. The van der Waals surface area contributed by atoms with Crippen molar-refractivity contribution in [2.75, 3.05) is 11.9 Å². The van der Waals surface area contributed by atoms with Crippen molar-refractivity contribution >= 4 is 27.5 Å². The zero-order valence-corrected chi connectivity index (χ0v) is 12.7. The van der Waals surface area contributed by atoms with Gasteiger partial charge in [0.25, 0.3) is 0 Å². The van der Waals surface area contributed by atoms with Crippen LogP contribution in [0.25, 0.3) is 0 Å². The molecule has 1 fully saturated rings. The topological polar surface area (TPSA) is 20.3 Å². The van der Waals surface area contributed by atoms with Crippen LogP contribution in [0.4, 0.5) is 5.69 Å². The number of amides is 1. The number of benzene rings is 2. The smallest absolute Gasteiger partial charge is 0.238 e. The lowest BCUT2D eigenvalue weighted by atomic mass is 9.92. The number of carbonyl (C=O) groups is 1. The number of fused-ring (bicyclic) bond motifs is 2. The summed E-state index contributed by atoms with van der Waals surface area (Å²) in [7, 11) is 1.88. The third kappa shape index (κ3) is 1.41. The van der Waals surface area contributed by atoms with Gasteiger partial charge in [-0.25, -0.2) is 0 Å². The number of hydrogen-bond donors (Lipinski definition) is 0. The Bertz CT molecular complexity index is 709. The Morgan fingerprint density at radius 2 is 1.85 bits per heavy atom. The normalized spacial score (nSPS) is 27.0. The van der Waals surface area contributed by atoms with Crippen molar-refractivity contribution in [1.29, 1.82) is 0 Å². The first-order valence-electron chi connectivity index (χ1n) is 6.78. The highest BCUT2D eigenvalue weighted by Crippen LogP contribution is 2.65. The zero-order chi connectivity index (χ0) is 13.9. The van der Waals surface area contributed by atoms with Gasteiger partial charge in [-0.05, 0) is 35.7 Å². The van der Waals surface area contributed by atoms with E-state index in [0.717, 1.165) is 16.6 Å². The summed E-state index contributed by atoms with van der Waals surface area (Å²) in [4.78, 5) is 14.5. The molecule has 1 saturated carbocycles. The van der Waals surface area contributed by atoms with E-state index >= 15 is 0 Å². The van der Waals surface area contributed by atoms with Crippen LogP contribution in [-0.2, 0) is 10.2 Å². The average Bonchev–Trinajstić information content (AvgIpc) is 3.19. The van der Waals surface area contributed by atoms with E-state index in [0.29, 0.717) is 5.92 Å². The number of hydrogen-bond acceptors (Lipinski definition) is 1. The number of para-hydroxylation sites is 1. The second kappa shape index (κ2) is 3.95. The van der Waals surface area contributed by atoms with Gasteiger partial charge in [0.1, 0.15) is 0 Å². The fraction of sp³-hybridized carbons (Fsp3) is 0.235. The van der Waals surface area contributed by atoms with Crippen molar-refractivity contribution in [3.05, 3.63) is 64.1 Å². The van der Waals surface area contributed by atoms with Crippen molar-refractivity contribution in [3.8, 4) is 0 Å². The molecule has 1 spiro atoms. The first-order valence-corrected chi connectivity index (χ1v) is 7.57. The Hall–Kier alpha value is -1.61. The molecule has 1 amide bonds. The third-order valence-electron chi connectivity index (χ3n) is 4.67. The summed E-state index contributed by atoms with van der Waals surface area (Å²) >= 11 is 3.46. The Balaban J connectivity index is 1.80. The molecule has 0 bridgehead atoms. The van der Waals surface area contributed by atoms with Crippen LogP contribution in [0.3, 0.4) is 0 Å². The standard InChI is InChI=1S/C17H14BrNO/c1-19-15-5-3-2-4-13(15)17(16(19)20)10-14(17)11-6-8-12(18)9-7-11/h2-9,14H,10H2,1H3/t14-,17-/m1/s1. The third-order valence-corrected chi connectivity index (χ3v) is 5.19. The van der Waals surface area contributed by atoms with Gasteiger partial charge < -0.3 is 4.90 Å². The zero-order valence-electron chi connectivity index (χ0n) is 11.1. The highest BCUT2D eigenvalue weighted by Gasteiger charge is 2.66. The van der Waals surface area contributed by atoms with Gasteiger partial charge in [-0.1, -0.05) is 46.3 Å². The molecule has 2 aromatic carbocycles. The number of halogens is 1. The predicted octanol–water partition coefficient (Wildman–Crippen LogP) is 3.85. The maximum Gasteiger partial charge on any atom is 0.238 e. The summed E-state index contributed by atoms with van der Waals surface area (Å²) in [6, 6.07) is 16.5. The van der Waals surface area contributed by atoms with Crippen molar-refractivity contribution < 1.29 is 4.79 Å². The lowest BCUT2D eigenvalue weighted by Crippen LogP contribution is -2.29. The molecule has 1 heterocycles. The second-order valence-electron chi connectivity index (χ2n) is 5.66. The molecule has 2 aliphatic rings. The maximum absolute atomic E-state index is 12.7. The first kappa shape index (κ1) is 12.2. The quantitative estimate of drug-likeness (QED) is 0.779. The van der Waals surface area contributed by atoms with E-state index in [4.69, 9.17) is 0 Å². The minimum absolute atomic E-state index is 0.242. The van der Waals surface area contributed by atoms with E-state index in [2.05, 4.69) is 46.3 Å². The molecule has 1 aliphatic heterocycles. The highest BCUT2D eigenvalue weighted by atomic mass is 79.9. The minimum Gasteiger partial charge on any atom is -0.314 e. The van der Waals surface area contributed by atoms with Crippen LogP contribution in [0.1, 0.15) is 23.5 Å². The monoisotopic (exact) mass is 327 g/mol. The Kier molecular flexibility index (Phi) is 2.40. The van der Waals surface area contributed by atoms with Crippen LogP contribution in [0.15, 0.2) is 53.0 Å². The van der Waals surface area contributed by atoms with Crippen LogP contribution < -0.4 is 4.90 Å². The van der Waals surface area contributed by atoms with E-state index in [1.54, 1.807) is 0 Å². The van der Waals surface area contributed by atoms with Crippen LogP contribution >= 0.6 is 15.9 Å². The van der Waals surface area contributed by atoms with E-state index in [1.807, 2.05) is 30.1 Å². The number of likely N-dealkylation sites (N-methyl/N-ethyl adjacent to an activating group) is 1.